The summed E-state index contributed by atoms with van der Waals surface area (Å²) in [6, 6.07) is -0.340. The van der Waals surface area contributed by atoms with Crippen LogP contribution in [0.3, 0.4) is 0 Å². The van der Waals surface area contributed by atoms with Gasteiger partial charge in [0.1, 0.15) is 38.1 Å². The summed E-state index contributed by atoms with van der Waals surface area (Å²) >= 11 is 0. The minimum Gasteiger partial charge on any atom is -0.600 e. The fourth-order valence-electron chi connectivity index (χ4n) is 7.42. The van der Waals surface area contributed by atoms with Crippen LogP contribution in [0.2, 0.25) is 0 Å². The Kier molecular flexibility index (Phi) is 39.0. The maximum atomic E-state index is 13.4. The highest BCUT2D eigenvalue weighted by molar-refractivity contribution is 5.74. The molecule has 16 nitrogen and oxygen atoms in total. The molecular weight excluding hydrogens is 901 g/mol. The highest BCUT2D eigenvalue weighted by atomic mass is 16.9. The van der Waals surface area contributed by atoms with Crippen molar-refractivity contribution in [3.05, 3.63) is 5.21 Å². The van der Waals surface area contributed by atoms with Crippen molar-refractivity contribution in [3.63, 3.8) is 0 Å². The number of carbonyl (C=O) groups is 6. The van der Waals surface area contributed by atoms with Crippen LogP contribution < -0.4 is 5.23 Å². The van der Waals surface area contributed by atoms with Crippen LogP contribution in [0.25, 0.3) is 0 Å². The maximum Gasteiger partial charge on any atom is 0.410 e. The predicted molar refractivity (Wildman–Crippen MR) is 271 cm³/mol. The topological polar surface area (TPSA) is 198 Å². The molecule has 0 saturated heterocycles. The van der Waals surface area contributed by atoms with E-state index in [1.54, 1.807) is 48.5 Å². The van der Waals surface area contributed by atoms with Gasteiger partial charge in [-0.1, -0.05) is 145 Å². The van der Waals surface area contributed by atoms with Gasteiger partial charge in [-0.2, -0.15) is 4.84 Å². The van der Waals surface area contributed by atoms with Crippen molar-refractivity contribution in [2.24, 2.45) is 17.8 Å². The summed E-state index contributed by atoms with van der Waals surface area (Å²) in [6.45, 7) is 20.0. The number of nitrogens with one attached hydrogen (secondary N) is 1. The van der Waals surface area contributed by atoms with E-state index in [9.17, 15) is 34.0 Å². The summed E-state index contributed by atoms with van der Waals surface area (Å²) in [4.78, 5) is 85.4. The average molecular weight is 1000 g/mol. The largest absolute Gasteiger partial charge is 0.600 e. The van der Waals surface area contributed by atoms with Gasteiger partial charge < -0.3 is 38.5 Å². The van der Waals surface area contributed by atoms with E-state index in [4.69, 9.17) is 33.3 Å². The number of unbranched alkanes of at least 4 members (excludes halogenated alkanes) is 12. The van der Waals surface area contributed by atoms with Crippen molar-refractivity contribution in [2.75, 3.05) is 39.5 Å². The number of esters is 5. The Balaban J connectivity index is 5.71. The van der Waals surface area contributed by atoms with E-state index < -0.39 is 59.0 Å². The molecule has 0 aliphatic carbocycles. The minimum atomic E-state index is -1.03. The Morgan fingerprint density at radius 3 is 1.17 bits per heavy atom. The monoisotopic (exact) mass is 1000 g/mol. The fourth-order valence-corrected chi connectivity index (χ4v) is 7.42. The van der Waals surface area contributed by atoms with Crippen LogP contribution in [0, 0.1) is 23.0 Å². The van der Waals surface area contributed by atoms with Gasteiger partial charge in [-0.3, -0.25) is 24.0 Å². The summed E-state index contributed by atoms with van der Waals surface area (Å²) in [6.07, 6.45) is 16.5. The van der Waals surface area contributed by atoms with Gasteiger partial charge in [0.2, 0.25) is 0 Å². The van der Waals surface area contributed by atoms with Gasteiger partial charge in [0.25, 0.3) is 0 Å². The first-order valence-corrected chi connectivity index (χ1v) is 27.3. The van der Waals surface area contributed by atoms with Gasteiger partial charge in [0.15, 0.2) is 12.2 Å². The molecule has 0 aromatic heterocycles. The molecule has 0 bridgehead atoms. The molecule has 0 aromatic carbocycles. The number of hydrogen-bond acceptors (Lipinski definition) is 14. The maximum absolute atomic E-state index is 13.4. The zero-order valence-corrected chi connectivity index (χ0v) is 45.8. The molecule has 0 fully saturated rings. The van der Waals surface area contributed by atoms with Gasteiger partial charge in [0, 0.05) is 32.4 Å². The van der Waals surface area contributed by atoms with Crippen LogP contribution in [-0.2, 0) is 57.2 Å². The first-order chi connectivity index (χ1) is 33.3. The molecule has 410 valence electrons. The number of hydrogen-bond donors (Lipinski definition) is 1. The molecule has 0 aromatic rings. The lowest BCUT2D eigenvalue weighted by Crippen LogP contribution is -3.10. The molecule has 0 radical (unpaired) electrons. The van der Waals surface area contributed by atoms with E-state index in [2.05, 4.69) is 27.7 Å². The van der Waals surface area contributed by atoms with Crippen LogP contribution in [0.5, 0.6) is 0 Å². The van der Waals surface area contributed by atoms with E-state index in [0.717, 1.165) is 103 Å². The molecule has 0 aliphatic rings. The third-order valence-electron chi connectivity index (χ3n) is 12.1. The highest BCUT2D eigenvalue weighted by Gasteiger charge is 2.27. The highest BCUT2D eigenvalue weighted by Crippen LogP contribution is 2.17. The lowest BCUT2D eigenvalue weighted by Gasteiger charge is -2.28. The Morgan fingerprint density at radius 1 is 0.486 bits per heavy atom. The molecule has 6 atom stereocenters. The normalized spacial score (nSPS) is 14.6. The molecule has 6 unspecified atom stereocenters. The molecule has 0 rings (SSSR count). The molecule has 0 heterocycles. The minimum absolute atomic E-state index is 0.0839. The lowest BCUT2D eigenvalue weighted by molar-refractivity contribution is -1.07. The Morgan fingerprint density at radius 2 is 0.829 bits per heavy atom. The van der Waals surface area contributed by atoms with Gasteiger partial charge in [-0.05, 0) is 66.2 Å². The number of nitrogens with zero attached hydrogens (tertiary/aromatic N) is 1. The van der Waals surface area contributed by atoms with Crippen molar-refractivity contribution in [1.29, 1.82) is 0 Å². The SMILES string of the molecule is CCCCCCC(C)C(=O)OCC(COC(=O)C(C)CCCCCC)OC(=O)CCCN(CCCC(=O)OC(COC(=O)C(C)CCCCCC)CO[NH+]([O-])C(C)CCCCCC)C(=O)OC(C)(C)C. The van der Waals surface area contributed by atoms with Gasteiger partial charge in [-0.15, -0.1) is 0 Å². The number of rotatable bonds is 43. The third kappa shape index (κ3) is 35.6. The summed E-state index contributed by atoms with van der Waals surface area (Å²) in [5.41, 5.74) is -0.822. The molecule has 16 heteroatoms. The summed E-state index contributed by atoms with van der Waals surface area (Å²) in [7, 11) is 0. The van der Waals surface area contributed by atoms with Crippen molar-refractivity contribution in [3.8, 4) is 0 Å². The van der Waals surface area contributed by atoms with Crippen molar-refractivity contribution in [2.45, 2.75) is 254 Å². The smallest absolute Gasteiger partial charge is 0.410 e. The van der Waals surface area contributed by atoms with Gasteiger partial charge in [0.05, 0.1) is 17.8 Å². The second-order valence-corrected chi connectivity index (χ2v) is 20.4. The Labute approximate surface area is 423 Å². The summed E-state index contributed by atoms with van der Waals surface area (Å²) in [5.74, 6) is -3.52. The Bertz CT molecular complexity index is 1370. The number of quaternary nitrogens is 1. The first-order valence-electron chi connectivity index (χ1n) is 27.3. The molecule has 70 heavy (non-hydrogen) atoms. The zero-order valence-electron chi connectivity index (χ0n) is 45.8. The quantitative estimate of drug-likeness (QED) is 0.0262. The van der Waals surface area contributed by atoms with Gasteiger partial charge in [-0.25, -0.2) is 10.0 Å². The standard InChI is InChI=1S/C54H100N2O14/c1-12-16-20-24-30-42(5)50(59)64-38-46(39-65-51(60)43(6)31-25-21-17-13-2)68-48(57)34-28-36-55(53(62)70-54(9,10)11)37-29-35-49(58)69-47(40-66-52(61)44(7)32-26-22-18-14-3)41-67-56(63)45(8)33-27-23-19-15-4/h42-47,56H,12-41H2,1-11H3. The molecule has 0 saturated carbocycles. The van der Waals surface area contributed by atoms with E-state index >= 15 is 0 Å². The van der Waals surface area contributed by atoms with Crippen LogP contribution in [0.15, 0.2) is 0 Å². The van der Waals surface area contributed by atoms with Crippen molar-refractivity contribution in [1.82, 2.24) is 4.90 Å². The molecule has 1 amide bonds. The zero-order chi connectivity index (χ0) is 52.7. The number of hydroxylamine groups is 2. The van der Waals surface area contributed by atoms with Crippen LogP contribution in [0.4, 0.5) is 4.79 Å². The van der Waals surface area contributed by atoms with Crippen molar-refractivity contribution < 1.29 is 67.3 Å². The number of carbonyl (C=O) groups excluding carboxylic acids is 6. The molecule has 0 aliphatic heterocycles. The number of amides is 1. The van der Waals surface area contributed by atoms with Crippen LogP contribution in [0.1, 0.15) is 230 Å². The summed E-state index contributed by atoms with van der Waals surface area (Å²) < 4.78 is 33.7. The average Bonchev–Trinajstić information content (AvgIpc) is 3.31. The Hall–Kier alpha value is -3.50. The van der Waals surface area contributed by atoms with Crippen molar-refractivity contribution >= 4 is 35.9 Å². The molecule has 1 N–H and O–H groups in total. The summed E-state index contributed by atoms with van der Waals surface area (Å²) in [5, 5.41) is 12.4. The van der Waals surface area contributed by atoms with E-state index in [1.807, 2.05) is 0 Å². The second-order valence-electron chi connectivity index (χ2n) is 20.4. The van der Waals surface area contributed by atoms with E-state index in [1.165, 1.54) is 4.90 Å². The van der Waals surface area contributed by atoms with Crippen LogP contribution in [-0.4, -0.2) is 104 Å². The van der Waals surface area contributed by atoms with E-state index in [-0.39, 0.29) is 89.0 Å². The second kappa shape index (κ2) is 41.0. The predicted octanol–water partition coefficient (Wildman–Crippen LogP) is 10.7. The van der Waals surface area contributed by atoms with E-state index in [0.29, 0.717) is 25.7 Å². The van der Waals surface area contributed by atoms with Crippen LogP contribution >= 0.6 is 0 Å². The molecule has 0 spiro atoms. The number of ether oxygens (including phenoxy) is 6. The molecular formula is C54H100N2O14. The third-order valence-corrected chi connectivity index (χ3v) is 12.1. The van der Waals surface area contributed by atoms with Gasteiger partial charge >= 0.3 is 35.9 Å². The lowest BCUT2D eigenvalue weighted by atomic mass is 10.0. The fraction of sp³-hybridized carbons (Fsp3) is 0.889. The first kappa shape index (κ1) is 66.5.